The number of esters is 1. The molecule has 158 valence electrons. The van der Waals surface area contributed by atoms with Gasteiger partial charge in [0.15, 0.2) is 14.3 Å². The van der Waals surface area contributed by atoms with Crippen molar-refractivity contribution in [2.75, 3.05) is 0 Å². The highest BCUT2D eigenvalue weighted by Gasteiger charge is 2.27. The zero-order valence-corrected chi connectivity index (χ0v) is 18.7. The summed E-state index contributed by atoms with van der Waals surface area (Å²) in [6, 6.07) is 31.6. The first-order chi connectivity index (χ1) is 15.4. The highest BCUT2D eigenvalue weighted by molar-refractivity contribution is 7.50. The highest BCUT2D eigenvalue weighted by atomic mass is 32.2. The molecule has 0 atom stereocenters. The molecule has 1 N–H and O–H groups in total. The van der Waals surface area contributed by atoms with E-state index in [4.69, 9.17) is 4.74 Å². The van der Waals surface area contributed by atoms with Crippen LogP contribution in [0, 0.1) is 0 Å². The Morgan fingerprint density at radius 2 is 1.28 bits per heavy atom. The molecule has 4 aromatic carbocycles. The Morgan fingerprint density at radius 3 is 1.84 bits per heavy atom. The Labute approximate surface area is 189 Å². The van der Waals surface area contributed by atoms with E-state index in [0.717, 1.165) is 5.56 Å². The standard InChI is InChI=1S/C28H22O3S/c1-28(2,20-13-15-21(29)16-14-20)31-27(30)19-11-17-22(18-12-19)32-25-9-5-3-7-23(25)24-8-4-6-10-26(24)32/h3-18H,1-2H3/p+1. The van der Waals surface area contributed by atoms with E-state index in [9.17, 15) is 9.90 Å². The number of aromatic hydroxyl groups is 1. The fourth-order valence-electron chi connectivity index (χ4n) is 4.05. The van der Waals surface area contributed by atoms with Gasteiger partial charge in [0.05, 0.1) is 5.56 Å². The number of benzene rings is 4. The van der Waals surface area contributed by atoms with Crippen molar-refractivity contribution < 1.29 is 14.6 Å². The number of hydrogen-bond acceptors (Lipinski definition) is 3. The normalized spacial score (nSPS) is 11.7. The Balaban J connectivity index is 1.47. The van der Waals surface area contributed by atoms with E-state index in [1.54, 1.807) is 24.3 Å². The summed E-state index contributed by atoms with van der Waals surface area (Å²) in [6.45, 7) is 3.69. The van der Waals surface area contributed by atoms with Crippen LogP contribution in [0.1, 0.15) is 29.8 Å². The van der Waals surface area contributed by atoms with Crippen molar-refractivity contribution in [3.63, 3.8) is 0 Å². The van der Waals surface area contributed by atoms with Crippen LogP contribution in [-0.2, 0) is 10.3 Å². The van der Waals surface area contributed by atoms with Crippen molar-refractivity contribution in [1.82, 2.24) is 0 Å². The second-order valence-electron chi connectivity index (χ2n) is 8.27. The van der Waals surface area contributed by atoms with Gasteiger partial charge in [-0.2, -0.15) is 0 Å². The Morgan fingerprint density at radius 1 is 0.750 bits per heavy atom. The van der Waals surface area contributed by atoms with Crippen LogP contribution in [0.15, 0.2) is 97.1 Å². The molecule has 0 aliphatic carbocycles. The Bertz CT molecular complexity index is 1370. The van der Waals surface area contributed by atoms with Crippen molar-refractivity contribution in [2.24, 2.45) is 0 Å². The maximum absolute atomic E-state index is 12.9. The van der Waals surface area contributed by atoms with Gasteiger partial charge in [-0.25, -0.2) is 4.79 Å². The largest absolute Gasteiger partial charge is 0.508 e. The first kappa shape index (κ1) is 20.3. The molecule has 0 amide bonds. The number of ether oxygens (including phenoxy) is 1. The molecular formula is C28H23O3S+. The molecule has 0 aliphatic rings. The summed E-state index contributed by atoms with van der Waals surface area (Å²) in [5.41, 5.74) is 0.528. The maximum atomic E-state index is 12.9. The van der Waals surface area contributed by atoms with Crippen molar-refractivity contribution in [1.29, 1.82) is 0 Å². The summed E-state index contributed by atoms with van der Waals surface area (Å²) in [4.78, 5) is 14.0. The molecule has 0 bridgehead atoms. The maximum Gasteiger partial charge on any atom is 0.338 e. The van der Waals surface area contributed by atoms with E-state index in [1.165, 1.54) is 25.1 Å². The van der Waals surface area contributed by atoms with Crippen LogP contribution in [0.4, 0.5) is 0 Å². The zero-order chi connectivity index (χ0) is 22.3. The van der Waals surface area contributed by atoms with Gasteiger partial charge in [-0.15, -0.1) is 0 Å². The summed E-state index contributed by atoms with van der Waals surface area (Å²) < 4.78 is 8.44. The lowest BCUT2D eigenvalue weighted by molar-refractivity contribution is -0.00312. The Hall–Kier alpha value is -3.63. The molecule has 0 saturated carbocycles. The highest BCUT2D eigenvalue weighted by Crippen LogP contribution is 2.48. The number of carbonyl (C=O) groups excluding carboxylic acids is 1. The average Bonchev–Trinajstić information content (AvgIpc) is 3.14. The third-order valence-electron chi connectivity index (χ3n) is 5.74. The SMILES string of the molecule is CC(C)(OC(=O)c1ccc(-[s+]2c3ccccc3c3ccccc32)cc1)c1ccc(O)cc1. The van der Waals surface area contributed by atoms with E-state index in [2.05, 4.69) is 48.5 Å². The smallest absolute Gasteiger partial charge is 0.338 e. The molecule has 1 heterocycles. The second kappa shape index (κ2) is 7.81. The number of phenols is 1. The van der Waals surface area contributed by atoms with Crippen molar-refractivity contribution in [3.8, 4) is 10.6 Å². The van der Waals surface area contributed by atoms with Gasteiger partial charge in [0.2, 0.25) is 0 Å². The summed E-state index contributed by atoms with van der Waals surface area (Å²) in [7, 11) is -0.189. The second-order valence-corrected chi connectivity index (χ2v) is 10.2. The van der Waals surface area contributed by atoms with Gasteiger partial charge in [-0.05, 0) is 80.1 Å². The number of rotatable bonds is 4. The average molecular weight is 440 g/mol. The van der Waals surface area contributed by atoms with E-state index < -0.39 is 5.60 Å². The molecule has 0 fully saturated rings. The lowest BCUT2D eigenvalue weighted by Gasteiger charge is -2.25. The minimum Gasteiger partial charge on any atom is -0.508 e. The van der Waals surface area contributed by atoms with E-state index in [1.807, 2.05) is 38.1 Å². The van der Waals surface area contributed by atoms with E-state index in [-0.39, 0.29) is 22.2 Å². The number of carbonyl (C=O) groups is 1. The minimum absolute atomic E-state index is 0.183. The molecule has 5 rings (SSSR count). The quantitative estimate of drug-likeness (QED) is 0.232. The third kappa shape index (κ3) is 3.53. The van der Waals surface area contributed by atoms with Gasteiger partial charge in [0, 0.05) is 21.2 Å². The van der Waals surface area contributed by atoms with Gasteiger partial charge < -0.3 is 9.84 Å². The predicted molar refractivity (Wildman–Crippen MR) is 132 cm³/mol. The van der Waals surface area contributed by atoms with E-state index in [0.29, 0.717) is 5.56 Å². The van der Waals surface area contributed by atoms with Crippen LogP contribution in [0.3, 0.4) is 0 Å². The molecule has 0 saturated heterocycles. The number of fused-ring (bicyclic) bond motifs is 3. The zero-order valence-electron chi connectivity index (χ0n) is 17.9. The molecule has 1 aromatic heterocycles. The minimum atomic E-state index is -0.811. The van der Waals surface area contributed by atoms with Gasteiger partial charge in [0.25, 0.3) is 0 Å². The number of phenolic OH excluding ortho intramolecular Hbond substituents is 1. The molecule has 3 nitrogen and oxygen atoms in total. The summed E-state index contributed by atoms with van der Waals surface area (Å²) in [6.07, 6.45) is 0. The topological polar surface area (TPSA) is 46.5 Å². The first-order valence-electron chi connectivity index (χ1n) is 10.5. The fourth-order valence-corrected chi connectivity index (χ4v) is 6.42. The van der Waals surface area contributed by atoms with Gasteiger partial charge in [-0.3, -0.25) is 0 Å². The van der Waals surface area contributed by atoms with Crippen LogP contribution in [0.5, 0.6) is 5.75 Å². The van der Waals surface area contributed by atoms with Crippen LogP contribution in [0.25, 0.3) is 25.1 Å². The molecule has 0 spiro atoms. The van der Waals surface area contributed by atoms with Crippen molar-refractivity contribution in [2.45, 2.75) is 19.4 Å². The number of thiophene rings is 1. The van der Waals surface area contributed by atoms with Crippen LogP contribution in [0.2, 0.25) is 0 Å². The van der Waals surface area contributed by atoms with Crippen LogP contribution < -0.4 is 0 Å². The van der Waals surface area contributed by atoms with Crippen LogP contribution in [-0.4, -0.2) is 11.1 Å². The molecule has 0 unspecified atom stereocenters. The van der Waals surface area contributed by atoms with Crippen LogP contribution >= 0.6 is 10.5 Å². The fraction of sp³-hybridized carbons (Fsp3) is 0.107. The monoisotopic (exact) mass is 439 g/mol. The predicted octanol–water partition coefficient (Wildman–Crippen LogP) is 7.53. The molecule has 0 aliphatic heterocycles. The summed E-state index contributed by atoms with van der Waals surface area (Å²) in [5, 5.41) is 12.1. The molecule has 4 heteroatoms. The molecular weight excluding hydrogens is 416 g/mol. The molecule has 32 heavy (non-hydrogen) atoms. The lowest BCUT2D eigenvalue weighted by Crippen LogP contribution is -2.25. The third-order valence-corrected chi connectivity index (χ3v) is 8.08. The van der Waals surface area contributed by atoms with Gasteiger partial charge in [-0.1, -0.05) is 36.4 Å². The lowest BCUT2D eigenvalue weighted by atomic mass is 9.98. The summed E-state index contributed by atoms with van der Waals surface area (Å²) in [5.74, 6) is -0.187. The summed E-state index contributed by atoms with van der Waals surface area (Å²) >= 11 is 0. The number of hydrogen-bond donors (Lipinski definition) is 1. The Kier molecular flexibility index (Phi) is 4.95. The first-order valence-corrected chi connectivity index (χ1v) is 11.7. The van der Waals surface area contributed by atoms with Gasteiger partial charge in [0.1, 0.15) is 11.4 Å². The van der Waals surface area contributed by atoms with E-state index >= 15 is 0 Å². The molecule has 5 aromatic rings. The molecule has 0 radical (unpaired) electrons. The van der Waals surface area contributed by atoms with Gasteiger partial charge >= 0.3 is 5.97 Å². The van der Waals surface area contributed by atoms with Crippen molar-refractivity contribution >= 4 is 36.6 Å². The van der Waals surface area contributed by atoms with Crippen molar-refractivity contribution in [3.05, 3.63) is 108 Å².